The maximum atomic E-state index is 12.0. The van der Waals surface area contributed by atoms with Gasteiger partial charge in [-0.15, -0.1) is 0 Å². The molecule has 0 spiro atoms. The van der Waals surface area contributed by atoms with Crippen molar-refractivity contribution in [2.24, 2.45) is 0 Å². The quantitative estimate of drug-likeness (QED) is 0.846. The van der Waals surface area contributed by atoms with Gasteiger partial charge in [0.2, 0.25) is 5.91 Å². The zero-order valence-electron chi connectivity index (χ0n) is 13.5. The van der Waals surface area contributed by atoms with E-state index in [9.17, 15) is 4.79 Å². The van der Waals surface area contributed by atoms with Crippen LogP contribution in [0.3, 0.4) is 0 Å². The lowest BCUT2D eigenvalue weighted by Crippen LogP contribution is -2.28. The lowest BCUT2D eigenvalue weighted by atomic mass is 10.1. The normalized spacial score (nSPS) is 11.8. The molecule has 116 valence electrons. The third kappa shape index (κ3) is 4.35. The molecule has 1 atom stereocenters. The molecule has 0 bridgehead atoms. The molecular formula is C19H24N2O. The van der Waals surface area contributed by atoms with Crippen molar-refractivity contribution in [2.45, 2.75) is 33.2 Å². The Morgan fingerprint density at radius 1 is 1.00 bits per heavy atom. The first-order valence-electron chi connectivity index (χ1n) is 7.72. The number of benzene rings is 2. The van der Waals surface area contributed by atoms with Crippen molar-refractivity contribution in [3.8, 4) is 0 Å². The first kappa shape index (κ1) is 16.1. The highest BCUT2D eigenvalue weighted by atomic mass is 16.1. The van der Waals surface area contributed by atoms with Crippen molar-refractivity contribution < 1.29 is 4.79 Å². The van der Waals surface area contributed by atoms with E-state index in [0.29, 0.717) is 13.0 Å². The minimum Gasteiger partial charge on any atom is -0.384 e. The van der Waals surface area contributed by atoms with Crippen LogP contribution < -0.4 is 10.6 Å². The Kier molecular flexibility index (Phi) is 5.59. The van der Waals surface area contributed by atoms with E-state index >= 15 is 0 Å². The first-order valence-corrected chi connectivity index (χ1v) is 7.72. The summed E-state index contributed by atoms with van der Waals surface area (Å²) in [6.45, 7) is 6.80. The SMILES string of the molecule is Cc1cccc(C)c1NCCC(=O)NC(C)c1ccccc1. The topological polar surface area (TPSA) is 41.1 Å². The Bertz CT molecular complexity index is 602. The molecule has 0 aliphatic carbocycles. The highest BCUT2D eigenvalue weighted by Gasteiger charge is 2.09. The summed E-state index contributed by atoms with van der Waals surface area (Å²) in [5.74, 6) is 0.0649. The second-order valence-electron chi connectivity index (χ2n) is 5.64. The van der Waals surface area contributed by atoms with Crippen LogP contribution in [-0.4, -0.2) is 12.5 Å². The van der Waals surface area contributed by atoms with E-state index in [0.717, 1.165) is 11.3 Å². The molecule has 0 saturated heterocycles. The van der Waals surface area contributed by atoms with Crippen molar-refractivity contribution >= 4 is 11.6 Å². The molecule has 0 heterocycles. The number of para-hydroxylation sites is 1. The average molecular weight is 296 g/mol. The monoisotopic (exact) mass is 296 g/mol. The van der Waals surface area contributed by atoms with Gasteiger partial charge < -0.3 is 10.6 Å². The van der Waals surface area contributed by atoms with E-state index in [1.165, 1.54) is 11.1 Å². The Labute approximate surface area is 132 Å². The molecule has 1 unspecified atom stereocenters. The summed E-state index contributed by atoms with van der Waals surface area (Å²) < 4.78 is 0. The molecule has 0 saturated carbocycles. The van der Waals surface area contributed by atoms with Gasteiger partial charge in [-0.25, -0.2) is 0 Å². The summed E-state index contributed by atoms with van der Waals surface area (Å²) in [6.07, 6.45) is 0.463. The van der Waals surface area contributed by atoms with Gasteiger partial charge >= 0.3 is 0 Å². The summed E-state index contributed by atoms with van der Waals surface area (Å²) in [5, 5.41) is 6.40. The van der Waals surface area contributed by atoms with Crippen molar-refractivity contribution in [1.29, 1.82) is 0 Å². The zero-order chi connectivity index (χ0) is 15.9. The molecule has 0 aliphatic rings. The van der Waals surface area contributed by atoms with Crippen molar-refractivity contribution in [3.63, 3.8) is 0 Å². The second-order valence-corrected chi connectivity index (χ2v) is 5.64. The number of rotatable bonds is 6. The zero-order valence-corrected chi connectivity index (χ0v) is 13.5. The van der Waals surface area contributed by atoms with Crippen LogP contribution in [0.15, 0.2) is 48.5 Å². The number of amides is 1. The van der Waals surface area contributed by atoms with Gasteiger partial charge in [0.05, 0.1) is 6.04 Å². The molecule has 3 nitrogen and oxygen atoms in total. The van der Waals surface area contributed by atoms with Gasteiger partial charge in [-0.05, 0) is 37.5 Å². The third-order valence-corrected chi connectivity index (χ3v) is 3.81. The molecular weight excluding hydrogens is 272 g/mol. The fourth-order valence-corrected chi connectivity index (χ4v) is 2.53. The van der Waals surface area contributed by atoms with Crippen molar-refractivity contribution in [3.05, 3.63) is 65.2 Å². The number of hydrogen-bond donors (Lipinski definition) is 2. The van der Waals surface area contributed by atoms with Crippen molar-refractivity contribution in [1.82, 2.24) is 5.32 Å². The molecule has 2 aromatic carbocycles. The Morgan fingerprint density at radius 3 is 2.27 bits per heavy atom. The fourth-order valence-electron chi connectivity index (χ4n) is 2.53. The Morgan fingerprint density at radius 2 is 1.64 bits per heavy atom. The summed E-state index contributed by atoms with van der Waals surface area (Å²) in [5.41, 5.74) is 4.67. The molecule has 3 heteroatoms. The van der Waals surface area contributed by atoms with Gasteiger partial charge in [-0.3, -0.25) is 4.79 Å². The molecule has 2 N–H and O–H groups in total. The molecule has 2 aromatic rings. The lowest BCUT2D eigenvalue weighted by molar-refractivity contribution is -0.121. The van der Waals surface area contributed by atoms with E-state index in [-0.39, 0.29) is 11.9 Å². The predicted molar refractivity (Wildman–Crippen MR) is 92.0 cm³/mol. The number of aryl methyl sites for hydroxylation is 2. The predicted octanol–water partition coefficient (Wildman–Crippen LogP) is 3.98. The van der Waals surface area contributed by atoms with E-state index < -0.39 is 0 Å². The maximum absolute atomic E-state index is 12.0. The summed E-state index contributed by atoms with van der Waals surface area (Å²) >= 11 is 0. The summed E-state index contributed by atoms with van der Waals surface area (Å²) in [6, 6.07) is 16.2. The second kappa shape index (κ2) is 7.64. The molecule has 0 aromatic heterocycles. The molecule has 2 rings (SSSR count). The maximum Gasteiger partial charge on any atom is 0.222 e. The lowest BCUT2D eigenvalue weighted by Gasteiger charge is -2.15. The Hall–Kier alpha value is -2.29. The number of hydrogen-bond acceptors (Lipinski definition) is 2. The van der Waals surface area contributed by atoms with E-state index in [4.69, 9.17) is 0 Å². The summed E-state index contributed by atoms with van der Waals surface area (Å²) in [4.78, 5) is 12.0. The van der Waals surface area contributed by atoms with Crippen LogP contribution in [0.2, 0.25) is 0 Å². The highest BCUT2D eigenvalue weighted by Crippen LogP contribution is 2.19. The van der Waals surface area contributed by atoms with Crippen LogP contribution in [0.5, 0.6) is 0 Å². The van der Waals surface area contributed by atoms with Crippen LogP contribution in [0.1, 0.15) is 36.1 Å². The minimum atomic E-state index is 0.0360. The Balaban J connectivity index is 1.81. The van der Waals surface area contributed by atoms with Crippen LogP contribution >= 0.6 is 0 Å². The largest absolute Gasteiger partial charge is 0.384 e. The van der Waals surface area contributed by atoms with Gasteiger partial charge in [0.25, 0.3) is 0 Å². The first-order chi connectivity index (χ1) is 10.6. The standard InChI is InChI=1S/C19H24N2O/c1-14-8-7-9-15(2)19(14)20-13-12-18(22)21-16(3)17-10-5-4-6-11-17/h4-11,16,20H,12-13H2,1-3H3,(H,21,22). The minimum absolute atomic E-state index is 0.0360. The number of nitrogens with one attached hydrogen (secondary N) is 2. The van der Waals surface area contributed by atoms with Gasteiger partial charge in [0.1, 0.15) is 0 Å². The third-order valence-electron chi connectivity index (χ3n) is 3.81. The van der Waals surface area contributed by atoms with Crippen LogP contribution in [0.4, 0.5) is 5.69 Å². The molecule has 0 fully saturated rings. The van der Waals surface area contributed by atoms with Gasteiger partial charge in [0.15, 0.2) is 0 Å². The smallest absolute Gasteiger partial charge is 0.222 e. The van der Waals surface area contributed by atoms with Gasteiger partial charge in [-0.1, -0.05) is 48.5 Å². The average Bonchev–Trinajstić information content (AvgIpc) is 2.51. The number of anilines is 1. The van der Waals surface area contributed by atoms with Crippen LogP contribution in [0.25, 0.3) is 0 Å². The van der Waals surface area contributed by atoms with Crippen LogP contribution in [-0.2, 0) is 4.79 Å². The van der Waals surface area contributed by atoms with E-state index in [1.54, 1.807) is 0 Å². The number of carbonyl (C=O) groups is 1. The van der Waals surface area contributed by atoms with Crippen LogP contribution in [0, 0.1) is 13.8 Å². The summed E-state index contributed by atoms with van der Waals surface area (Å²) in [7, 11) is 0. The van der Waals surface area contributed by atoms with Crippen molar-refractivity contribution in [2.75, 3.05) is 11.9 Å². The molecule has 0 aliphatic heterocycles. The molecule has 0 radical (unpaired) electrons. The van der Waals surface area contributed by atoms with E-state index in [2.05, 4.69) is 36.6 Å². The highest BCUT2D eigenvalue weighted by molar-refractivity contribution is 5.77. The number of carbonyl (C=O) groups excluding carboxylic acids is 1. The van der Waals surface area contributed by atoms with Gasteiger partial charge in [0, 0.05) is 18.7 Å². The van der Waals surface area contributed by atoms with E-state index in [1.807, 2.05) is 43.3 Å². The van der Waals surface area contributed by atoms with Gasteiger partial charge in [-0.2, -0.15) is 0 Å². The fraction of sp³-hybridized carbons (Fsp3) is 0.316. The molecule has 1 amide bonds. The molecule has 22 heavy (non-hydrogen) atoms.